The van der Waals surface area contributed by atoms with Crippen molar-refractivity contribution in [2.75, 3.05) is 0 Å². The Kier molecular flexibility index (Phi) is 13.7. The van der Waals surface area contributed by atoms with Crippen molar-refractivity contribution in [3.8, 4) is 67.3 Å². The first-order chi connectivity index (χ1) is 54.5. The molecule has 0 saturated carbocycles. The molecule has 24 aromatic rings. The first kappa shape index (κ1) is 61.6. The maximum atomic E-state index is 6.30. The molecule has 110 heavy (non-hydrogen) atoms. The highest BCUT2D eigenvalue weighted by Crippen LogP contribution is 2.46. The zero-order chi connectivity index (χ0) is 72.1. The second kappa shape index (κ2) is 24.4. The largest absolute Gasteiger partial charge is 0.456 e. The highest BCUT2D eigenvalue weighted by atomic mass is 16.3. The van der Waals surface area contributed by atoms with Gasteiger partial charge in [0.15, 0.2) is 0 Å². The zero-order valence-electron chi connectivity index (χ0n) is 59.6. The third-order valence-corrected chi connectivity index (χ3v) is 23.0. The van der Waals surface area contributed by atoms with Gasteiger partial charge in [-0.3, -0.25) is 0 Å². The summed E-state index contributed by atoms with van der Waals surface area (Å²) in [7, 11) is 0. The molecule has 6 aromatic heterocycles. The number of rotatable bonds is 8. The predicted octanol–water partition coefficient (Wildman–Crippen LogP) is 28.5. The lowest BCUT2D eigenvalue weighted by molar-refractivity contribution is 0.668. The molecular weight excluding hydrogens is 1340 g/mol. The van der Waals surface area contributed by atoms with Crippen LogP contribution in [0.2, 0.25) is 0 Å². The molecule has 0 amide bonds. The van der Waals surface area contributed by atoms with Gasteiger partial charge in [0.2, 0.25) is 0 Å². The molecule has 0 spiro atoms. The first-order valence-electron chi connectivity index (χ1n) is 37.7. The summed E-state index contributed by atoms with van der Waals surface area (Å²) in [5.74, 6) is 0. The van der Waals surface area contributed by atoms with E-state index in [0.717, 1.165) is 55.3 Å². The summed E-state index contributed by atoms with van der Waals surface area (Å²) >= 11 is 0. The van der Waals surface area contributed by atoms with Crippen LogP contribution in [0.4, 0.5) is 0 Å². The van der Waals surface area contributed by atoms with Crippen LogP contribution < -0.4 is 0 Å². The summed E-state index contributed by atoms with van der Waals surface area (Å²) in [6.45, 7) is 0. The lowest BCUT2D eigenvalue weighted by atomic mass is 9.97. The Morgan fingerprint density at radius 1 is 0.164 bits per heavy atom. The highest BCUT2D eigenvalue weighted by molar-refractivity contribution is 6.19. The molecule has 0 aliphatic heterocycles. The maximum absolute atomic E-state index is 6.30. The van der Waals surface area contributed by atoms with E-state index in [1.807, 2.05) is 18.2 Å². The molecule has 24 rings (SSSR count). The molecular formula is C104H64N4O2. The van der Waals surface area contributed by atoms with Gasteiger partial charge >= 0.3 is 0 Å². The third-order valence-electron chi connectivity index (χ3n) is 23.0. The number of hydrogen-bond acceptors (Lipinski definition) is 2. The number of para-hydroxylation sites is 6. The molecule has 0 fully saturated rings. The maximum Gasteiger partial charge on any atom is 0.136 e. The smallest absolute Gasteiger partial charge is 0.136 e. The molecule has 0 saturated heterocycles. The van der Waals surface area contributed by atoms with E-state index in [1.54, 1.807) is 0 Å². The Morgan fingerprint density at radius 2 is 0.464 bits per heavy atom. The number of hydrogen-bond donors (Lipinski definition) is 0. The van der Waals surface area contributed by atoms with Crippen molar-refractivity contribution in [1.29, 1.82) is 0 Å². The number of aromatic nitrogens is 4. The van der Waals surface area contributed by atoms with Crippen molar-refractivity contribution in [2.45, 2.75) is 0 Å². The van der Waals surface area contributed by atoms with E-state index in [-0.39, 0.29) is 0 Å². The van der Waals surface area contributed by atoms with Crippen LogP contribution in [-0.4, -0.2) is 18.3 Å². The summed E-state index contributed by atoms with van der Waals surface area (Å²) in [6.07, 6.45) is 0. The topological polar surface area (TPSA) is 46.0 Å². The summed E-state index contributed by atoms with van der Waals surface area (Å²) in [6, 6.07) is 141. The molecule has 0 aliphatic rings. The SMILES string of the molecule is c1ccc(-n2c3ccc(-c4ccc5c(c4)c4ccccc4n5-c4cccc5ccccc45)cc3c3cc(-c4cccc5oc6ccccc6c45)ccc32)cc1.c1ccc(-n2c3ccc(-c4ccc5oc6ccccc6c5c4)cc3c3cc(-c4ccc5c(c4)c4ccccc4n5-c4cccc5ccccc45)ccc32)cc1. The molecule has 6 heterocycles. The molecule has 6 heteroatoms. The van der Waals surface area contributed by atoms with Crippen LogP contribution in [0.3, 0.4) is 0 Å². The summed E-state index contributed by atoms with van der Waals surface area (Å²) in [5, 5.41) is 19.4. The van der Waals surface area contributed by atoms with E-state index in [4.69, 9.17) is 8.83 Å². The standard InChI is InChI=1S/2C52H32N2O/c1-2-14-37(15-3-1)53-47-27-24-35(31-43(47)44-32-36(26-29-48(44)53)39-19-11-23-51-52(39)41-18-7-9-22-50(41)55-51)34-25-28-49-42(30-34)40-17-6-8-20-46(40)54(49)45-21-10-13-33-12-4-5-16-38(33)45;1-2-13-38(14-3-1)53-48-25-21-35(30-43(48)44-31-36(22-26-49(44)53)37-24-28-52-45(32-37)41-17-7-9-20-51(41)55-52)34-23-27-50-42(29-34)40-16-6-8-18-47(40)54(50)46-19-10-12-33-11-4-5-15-39(33)46/h2*1-32H. The minimum atomic E-state index is 0.907. The third kappa shape index (κ3) is 9.56. The normalized spacial score (nSPS) is 12.0. The van der Waals surface area contributed by atoms with E-state index in [9.17, 15) is 0 Å². The average molecular weight is 1400 g/mol. The molecule has 6 nitrogen and oxygen atoms in total. The minimum Gasteiger partial charge on any atom is -0.456 e. The Hall–Kier alpha value is -14.7. The van der Waals surface area contributed by atoms with Gasteiger partial charge in [0.25, 0.3) is 0 Å². The van der Waals surface area contributed by atoms with E-state index in [1.165, 1.54) is 165 Å². The number of furan rings is 2. The fourth-order valence-electron chi connectivity index (χ4n) is 18.0. The first-order valence-corrected chi connectivity index (χ1v) is 37.7. The van der Waals surface area contributed by atoms with Crippen molar-refractivity contribution < 1.29 is 8.83 Å². The average Bonchev–Trinajstić information content (AvgIpc) is 1.58. The van der Waals surface area contributed by atoms with E-state index in [0.29, 0.717) is 0 Å². The van der Waals surface area contributed by atoms with Crippen LogP contribution in [-0.2, 0) is 0 Å². The fourth-order valence-corrected chi connectivity index (χ4v) is 18.0. The molecule has 18 aromatic carbocycles. The van der Waals surface area contributed by atoms with Gasteiger partial charge in [-0.15, -0.1) is 0 Å². The Morgan fingerprint density at radius 3 is 0.945 bits per heavy atom. The van der Waals surface area contributed by atoms with E-state index < -0.39 is 0 Å². The molecule has 0 unspecified atom stereocenters. The number of fused-ring (bicyclic) bond motifs is 20. The highest BCUT2D eigenvalue weighted by Gasteiger charge is 2.23. The van der Waals surface area contributed by atoms with Crippen molar-refractivity contribution in [1.82, 2.24) is 18.3 Å². The zero-order valence-corrected chi connectivity index (χ0v) is 59.6. The Bertz CT molecular complexity index is 7900. The van der Waals surface area contributed by atoms with Crippen molar-refractivity contribution in [2.24, 2.45) is 0 Å². The summed E-state index contributed by atoms with van der Waals surface area (Å²) in [4.78, 5) is 0. The van der Waals surface area contributed by atoms with Gasteiger partial charge in [0.1, 0.15) is 22.3 Å². The summed E-state index contributed by atoms with van der Waals surface area (Å²) < 4.78 is 22.1. The van der Waals surface area contributed by atoms with Crippen LogP contribution in [0.15, 0.2) is 397 Å². The van der Waals surface area contributed by atoms with Gasteiger partial charge in [-0.2, -0.15) is 0 Å². The van der Waals surface area contributed by atoms with Gasteiger partial charge in [0.05, 0.1) is 55.5 Å². The van der Waals surface area contributed by atoms with Crippen LogP contribution >= 0.6 is 0 Å². The predicted molar refractivity (Wildman–Crippen MR) is 462 cm³/mol. The van der Waals surface area contributed by atoms with E-state index >= 15 is 0 Å². The molecule has 0 aliphatic carbocycles. The summed E-state index contributed by atoms with van der Waals surface area (Å²) in [5.41, 5.74) is 27.4. The monoisotopic (exact) mass is 1400 g/mol. The quantitative estimate of drug-likeness (QED) is 0.152. The van der Waals surface area contributed by atoms with Crippen LogP contribution in [0, 0.1) is 0 Å². The van der Waals surface area contributed by atoms with Crippen LogP contribution in [0.1, 0.15) is 0 Å². The lowest BCUT2D eigenvalue weighted by Crippen LogP contribution is -1.95. The van der Waals surface area contributed by atoms with E-state index in [2.05, 4.69) is 388 Å². The fraction of sp³-hybridized carbons (Fsp3) is 0. The Balaban J connectivity index is 0.000000132. The molecule has 0 radical (unpaired) electrons. The molecule has 512 valence electrons. The minimum absolute atomic E-state index is 0.907. The number of benzene rings is 18. The van der Waals surface area contributed by atoms with Crippen LogP contribution in [0.25, 0.3) is 220 Å². The second-order valence-electron chi connectivity index (χ2n) is 29.0. The lowest BCUT2D eigenvalue weighted by Gasteiger charge is -2.12. The number of nitrogens with zero attached hydrogens (tertiary/aromatic N) is 4. The van der Waals surface area contributed by atoms with Gasteiger partial charge in [-0.1, -0.05) is 237 Å². The van der Waals surface area contributed by atoms with Gasteiger partial charge in [-0.25, -0.2) is 0 Å². The molecule has 0 bridgehead atoms. The molecule has 0 atom stereocenters. The van der Waals surface area contributed by atoms with Crippen molar-refractivity contribution in [3.63, 3.8) is 0 Å². The van der Waals surface area contributed by atoms with Gasteiger partial charge in [0, 0.05) is 86.8 Å². The van der Waals surface area contributed by atoms with Crippen LogP contribution in [0.5, 0.6) is 0 Å². The second-order valence-corrected chi connectivity index (χ2v) is 29.0. The molecule has 0 N–H and O–H groups in total. The van der Waals surface area contributed by atoms with Crippen molar-refractivity contribution >= 4 is 153 Å². The van der Waals surface area contributed by atoms with Gasteiger partial charge in [-0.05, 0) is 207 Å². The van der Waals surface area contributed by atoms with Gasteiger partial charge < -0.3 is 27.1 Å². The Labute approximate surface area is 631 Å². The van der Waals surface area contributed by atoms with Crippen molar-refractivity contribution in [3.05, 3.63) is 388 Å².